The van der Waals surface area contributed by atoms with E-state index < -0.39 is 0 Å². The van der Waals surface area contributed by atoms with Gasteiger partial charge in [-0.2, -0.15) is 0 Å². The Balaban J connectivity index is 1.75. The molecule has 104 valence electrons. The highest BCUT2D eigenvalue weighted by molar-refractivity contribution is 6.17. The molecule has 0 amide bonds. The van der Waals surface area contributed by atoms with Gasteiger partial charge in [0.05, 0.1) is 0 Å². The van der Waals surface area contributed by atoms with E-state index >= 15 is 0 Å². The molecule has 1 heterocycles. The van der Waals surface area contributed by atoms with Crippen molar-refractivity contribution in [3.63, 3.8) is 0 Å². The highest BCUT2D eigenvalue weighted by Gasteiger charge is 2.01. The summed E-state index contributed by atoms with van der Waals surface area (Å²) in [4.78, 5) is 4.22. The molecule has 0 aliphatic carbocycles. The Morgan fingerprint density at radius 2 is 1.52 bits per heavy atom. The van der Waals surface area contributed by atoms with Crippen molar-refractivity contribution in [2.24, 2.45) is 0 Å². The van der Waals surface area contributed by atoms with Gasteiger partial charge in [-0.25, -0.2) is 4.98 Å². The molecule has 0 bridgehead atoms. The van der Waals surface area contributed by atoms with Gasteiger partial charge in [0.15, 0.2) is 0 Å². The minimum atomic E-state index is 0.457. The van der Waals surface area contributed by atoms with E-state index in [-0.39, 0.29) is 0 Å². The number of ether oxygens (including phenoxy) is 1. The summed E-state index contributed by atoms with van der Waals surface area (Å²) in [7, 11) is 0. The number of alkyl halides is 1. The molecular formula is C18H14ClNO. The largest absolute Gasteiger partial charge is 0.439 e. The summed E-state index contributed by atoms with van der Waals surface area (Å²) in [5.74, 6) is 1.79. The summed E-state index contributed by atoms with van der Waals surface area (Å²) in [5, 5.41) is 0. The van der Waals surface area contributed by atoms with Gasteiger partial charge >= 0.3 is 0 Å². The number of rotatable bonds is 4. The first-order valence-electron chi connectivity index (χ1n) is 6.69. The van der Waals surface area contributed by atoms with Crippen LogP contribution in [0.25, 0.3) is 11.1 Å². The van der Waals surface area contributed by atoms with Crippen LogP contribution in [0.5, 0.6) is 11.6 Å². The zero-order valence-corrected chi connectivity index (χ0v) is 12.1. The van der Waals surface area contributed by atoms with Crippen molar-refractivity contribution in [3.8, 4) is 22.8 Å². The normalized spacial score (nSPS) is 10.3. The third kappa shape index (κ3) is 3.41. The van der Waals surface area contributed by atoms with Gasteiger partial charge in [0.25, 0.3) is 0 Å². The van der Waals surface area contributed by atoms with E-state index in [0.717, 1.165) is 16.9 Å². The van der Waals surface area contributed by atoms with Crippen molar-refractivity contribution in [1.82, 2.24) is 4.98 Å². The van der Waals surface area contributed by atoms with Gasteiger partial charge in [-0.15, -0.1) is 11.6 Å². The van der Waals surface area contributed by atoms with E-state index in [9.17, 15) is 0 Å². The molecule has 21 heavy (non-hydrogen) atoms. The van der Waals surface area contributed by atoms with Crippen molar-refractivity contribution >= 4 is 11.6 Å². The number of halogens is 1. The molecule has 0 unspecified atom stereocenters. The van der Waals surface area contributed by atoms with E-state index in [1.807, 2.05) is 54.6 Å². The van der Waals surface area contributed by atoms with Gasteiger partial charge in [-0.05, 0) is 28.8 Å². The second kappa shape index (κ2) is 6.42. The van der Waals surface area contributed by atoms with Gasteiger partial charge in [-0.3, -0.25) is 0 Å². The van der Waals surface area contributed by atoms with Crippen LogP contribution in [0.4, 0.5) is 0 Å². The predicted octanol–water partition coefficient (Wildman–Crippen LogP) is 5.28. The standard InChI is InChI=1S/C18H14ClNO/c19-12-14-6-11-18(20-13-14)21-17-9-7-16(8-10-17)15-4-2-1-3-5-15/h1-11,13H,12H2. The summed E-state index contributed by atoms with van der Waals surface area (Å²) >= 11 is 5.73. The van der Waals surface area contributed by atoms with Crippen LogP contribution in [-0.2, 0) is 5.88 Å². The fourth-order valence-electron chi connectivity index (χ4n) is 2.02. The SMILES string of the molecule is ClCc1ccc(Oc2ccc(-c3ccccc3)cc2)nc1. The highest BCUT2D eigenvalue weighted by atomic mass is 35.5. The van der Waals surface area contributed by atoms with Crippen molar-refractivity contribution in [2.45, 2.75) is 5.88 Å². The van der Waals surface area contributed by atoms with Crippen molar-refractivity contribution in [3.05, 3.63) is 78.5 Å². The molecule has 0 N–H and O–H groups in total. The Morgan fingerprint density at radius 3 is 2.14 bits per heavy atom. The molecule has 3 rings (SSSR count). The van der Waals surface area contributed by atoms with E-state index in [0.29, 0.717) is 11.8 Å². The number of hydrogen-bond acceptors (Lipinski definition) is 2. The van der Waals surface area contributed by atoms with Crippen LogP contribution in [0.1, 0.15) is 5.56 Å². The van der Waals surface area contributed by atoms with E-state index in [2.05, 4.69) is 17.1 Å². The highest BCUT2D eigenvalue weighted by Crippen LogP contribution is 2.24. The van der Waals surface area contributed by atoms with Gasteiger partial charge in [0, 0.05) is 18.1 Å². The number of aromatic nitrogens is 1. The van der Waals surface area contributed by atoms with Gasteiger partial charge < -0.3 is 4.74 Å². The third-order valence-electron chi connectivity index (χ3n) is 3.14. The zero-order valence-electron chi connectivity index (χ0n) is 11.4. The maximum Gasteiger partial charge on any atom is 0.219 e. The predicted molar refractivity (Wildman–Crippen MR) is 85.7 cm³/mol. The molecule has 0 aliphatic heterocycles. The molecule has 3 heteroatoms. The lowest BCUT2D eigenvalue weighted by atomic mass is 10.1. The molecule has 0 saturated heterocycles. The second-order valence-corrected chi connectivity index (χ2v) is 4.90. The molecule has 0 aliphatic rings. The Labute approximate surface area is 129 Å². The van der Waals surface area contributed by atoms with Crippen LogP contribution in [0.3, 0.4) is 0 Å². The lowest BCUT2D eigenvalue weighted by molar-refractivity contribution is 0.463. The first kappa shape index (κ1) is 13.7. The van der Waals surface area contributed by atoms with E-state index in [1.165, 1.54) is 5.56 Å². The average molecular weight is 296 g/mol. The zero-order chi connectivity index (χ0) is 14.5. The molecule has 0 radical (unpaired) electrons. The smallest absolute Gasteiger partial charge is 0.219 e. The van der Waals surface area contributed by atoms with Crippen LogP contribution in [0.2, 0.25) is 0 Å². The summed E-state index contributed by atoms with van der Waals surface area (Å²) < 4.78 is 5.71. The minimum absolute atomic E-state index is 0.457. The second-order valence-electron chi connectivity index (χ2n) is 4.63. The minimum Gasteiger partial charge on any atom is -0.439 e. The van der Waals surface area contributed by atoms with Crippen LogP contribution in [-0.4, -0.2) is 4.98 Å². The van der Waals surface area contributed by atoms with Crippen LogP contribution in [0.15, 0.2) is 72.9 Å². The lowest BCUT2D eigenvalue weighted by Gasteiger charge is -2.06. The number of nitrogens with zero attached hydrogens (tertiary/aromatic N) is 1. The van der Waals surface area contributed by atoms with E-state index in [4.69, 9.17) is 16.3 Å². The molecule has 0 spiro atoms. The van der Waals surface area contributed by atoms with Crippen LogP contribution < -0.4 is 4.74 Å². The molecule has 0 fully saturated rings. The third-order valence-corrected chi connectivity index (χ3v) is 3.44. The van der Waals surface area contributed by atoms with Gasteiger partial charge in [-0.1, -0.05) is 48.5 Å². The van der Waals surface area contributed by atoms with Crippen molar-refractivity contribution in [2.75, 3.05) is 0 Å². The summed E-state index contributed by atoms with van der Waals surface area (Å²) in [6.07, 6.45) is 1.72. The number of benzene rings is 2. The average Bonchev–Trinajstić information content (AvgIpc) is 2.57. The molecule has 2 aromatic carbocycles. The number of pyridine rings is 1. The molecule has 1 aromatic heterocycles. The van der Waals surface area contributed by atoms with Crippen LogP contribution >= 0.6 is 11.6 Å². The molecule has 2 nitrogen and oxygen atoms in total. The fourth-order valence-corrected chi connectivity index (χ4v) is 2.18. The monoisotopic (exact) mass is 295 g/mol. The molecule has 0 atom stereocenters. The number of hydrogen-bond donors (Lipinski definition) is 0. The molecule has 3 aromatic rings. The maximum atomic E-state index is 5.73. The lowest BCUT2D eigenvalue weighted by Crippen LogP contribution is -1.89. The summed E-state index contributed by atoms with van der Waals surface area (Å²) in [6.45, 7) is 0. The summed E-state index contributed by atoms with van der Waals surface area (Å²) in [6, 6.07) is 21.9. The Morgan fingerprint density at radius 1 is 0.810 bits per heavy atom. The van der Waals surface area contributed by atoms with Crippen molar-refractivity contribution in [1.29, 1.82) is 0 Å². The van der Waals surface area contributed by atoms with E-state index in [1.54, 1.807) is 6.20 Å². The van der Waals surface area contributed by atoms with Gasteiger partial charge in [0.2, 0.25) is 5.88 Å². The van der Waals surface area contributed by atoms with Crippen molar-refractivity contribution < 1.29 is 4.74 Å². The Hall–Kier alpha value is -2.32. The Bertz CT molecular complexity index is 694. The molecular weight excluding hydrogens is 282 g/mol. The molecule has 0 saturated carbocycles. The maximum absolute atomic E-state index is 5.73. The quantitative estimate of drug-likeness (QED) is 0.611. The summed E-state index contributed by atoms with van der Waals surface area (Å²) in [5.41, 5.74) is 3.32. The fraction of sp³-hybridized carbons (Fsp3) is 0.0556. The van der Waals surface area contributed by atoms with Gasteiger partial charge in [0.1, 0.15) is 5.75 Å². The topological polar surface area (TPSA) is 22.1 Å². The van der Waals surface area contributed by atoms with Crippen LogP contribution in [0, 0.1) is 0 Å². The first-order valence-corrected chi connectivity index (χ1v) is 7.23. The first-order chi connectivity index (χ1) is 10.3. The Kier molecular flexibility index (Phi) is 4.17.